The number of pyridine rings is 1. The Bertz CT molecular complexity index is 632. The van der Waals surface area contributed by atoms with E-state index in [4.69, 9.17) is 4.74 Å². The molecule has 4 nitrogen and oxygen atoms in total. The maximum absolute atomic E-state index is 11.8. The van der Waals surface area contributed by atoms with Gasteiger partial charge in [-0.05, 0) is 48.2 Å². The number of thioether (sulfide) groups is 1. The van der Waals surface area contributed by atoms with Crippen LogP contribution in [0.3, 0.4) is 0 Å². The highest BCUT2D eigenvalue weighted by molar-refractivity contribution is 7.99. The Morgan fingerprint density at radius 2 is 2.00 bits per heavy atom. The summed E-state index contributed by atoms with van der Waals surface area (Å²) in [6.45, 7) is 2.66. The fraction of sp³-hybridized carbons (Fsp3) is 0.333. The second-order valence-corrected chi connectivity index (χ2v) is 6.24. The minimum absolute atomic E-state index is 0.0723. The second-order valence-electron chi connectivity index (χ2n) is 5.25. The van der Waals surface area contributed by atoms with Gasteiger partial charge in [-0.1, -0.05) is 12.1 Å². The van der Waals surface area contributed by atoms with Crippen molar-refractivity contribution in [2.75, 3.05) is 19.4 Å². The molecular weight excluding hydrogens is 308 g/mol. The van der Waals surface area contributed by atoms with Crippen molar-refractivity contribution in [2.24, 2.45) is 0 Å². The van der Waals surface area contributed by atoms with Crippen molar-refractivity contribution >= 4 is 17.7 Å². The lowest BCUT2D eigenvalue weighted by Crippen LogP contribution is -2.27. The molecule has 0 aliphatic rings. The summed E-state index contributed by atoms with van der Waals surface area (Å²) < 4.78 is 5.31. The van der Waals surface area contributed by atoms with Gasteiger partial charge in [0.15, 0.2) is 0 Å². The molecule has 2 aromatic rings. The van der Waals surface area contributed by atoms with E-state index in [2.05, 4.69) is 16.4 Å². The standard InChI is InChI=1S/C18H22N2O2S/c1-14-3-4-15(11-17(14)22-2)7-10-20-18(21)13-23-12-16-5-8-19-9-6-16/h3-6,8-9,11H,7,10,12-13H2,1-2H3,(H,20,21). The molecule has 0 bridgehead atoms. The Morgan fingerprint density at radius 3 is 2.74 bits per heavy atom. The summed E-state index contributed by atoms with van der Waals surface area (Å²) in [6, 6.07) is 10.1. The van der Waals surface area contributed by atoms with E-state index in [1.165, 1.54) is 5.56 Å². The zero-order valence-electron chi connectivity index (χ0n) is 13.5. The normalized spacial score (nSPS) is 10.3. The Balaban J connectivity index is 1.66. The maximum Gasteiger partial charge on any atom is 0.230 e. The summed E-state index contributed by atoms with van der Waals surface area (Å²) in [5.74, 6) is 2.26. The van der Waals surface area contributed by atoms with Crippen molar-refractivity contribution < 1.29 is 9.53 Å². The molecule has 1 heterocycles. The zero-order valence-corrected chi connectivity index (χ0v) is 14.4. The molecule has 0 atom stereocenters. The van der Waals surface area contributed by atoms with Gasteiger partial charge in [0.2, 0.25) is 5.91 Å². The second kappa shape index (κ2) is 9.20. The maximum atomic E-state index is 11.8. The number of hydrogen-bond donors (Lipinski definition) is 1. The molecule has 0 spiro atoms. The van der Waals surface area contributed by atoms with Crippen LogP contribution in [-0.2, 0) is 17.0 Å². The highest BCUT2D eigenvalue weighted by Gasteiger charge is 2.04. The monoisotopic (exact) mass is 330 g/mol. The molecule has 1 N–H and O–H groups in total. The number of methoxy groups -OCH3 is 1. The van der Waals surface area contributed by atoms with E-state index in [1.54, 1.807) is 31.3 Å². The number of nitrogens with zero attached hydrogens (tertiary/aromatic N) is 1. The van der Waals surface area contributed by atoms with Crippen molar-refractivity contribution in [3.63, 3.8) is 0 Å². The third-order valence-electron chi connectivity index (χ3n) is 3.46. The van der Waals surface area contributed by atoms with Gasteiger partial charge in [0.05, 0.1) is 12.9 Å². The van der Waals surface area contributed by atoms with E-state index in [0.717, 1.165) is 29.1 Å². The lowest BCUT2D eigenvalue weighted by atomic mass is 10.1. The summed E-state index contributed by atoms with van der Waals surface area (Å²) in [6.07, 6.45) is 4.34. The fourth-order valence-corrected chi connectivity index (χ4v) is 2.98. The molecule has 0 saturated carbocycles. The van der Waals surface area contributed by atoms with Crippen LogP contribution < -0.4 is 10.1 Å². The van der Waals surface area contributed by atoms with Gasteiger partial charge in [-0.3, -0.25) is 9.78 Å². The number of benzene rings is 1. The van der Waals surface area contributed by atoms with Crippen LogP contribution in [0.2, 0.25) is 0 Å². The third kappa shape index (κ3) is 5.94. The molecule has 122 valence electrons. The number of carbonyl (C=O) groups is 1. The molecule has 1 amide bonds. The van der Waals surface area contributed by atoms with E-state index in [0.29, 0.717) is 12.3 Å². The molecule has 0 unspecified atom stereocenters. The summed E-state index contributed by atoms with van der Waals surface area (Å²) >= 11 is 1.61. The van der Waals surface area contributed by atoms with Crippen LogP contribution >= 0.6 is 11.8 Å². The number of aryl methyl sites for hydroxylation is 1. The first kappa shape index (κ1) is 17.3. The molecule has 0 aliphatic carbocycles. The fourth-order valence-electron chi connectivity index (χ4n) is 2.16. The van der Waals surface area contributed by atoms with E-state index in [-0.39, 0.29) is 5.91 Å². The van der Waals surface area contributed by atoms with Gasteiger partial charge in [0.1, 0.15) is 5.75 Å². The lowest BCUT2D eigenvalue weighted by molar-refractivity contribution is -0.118. The number of aromatic nitrogens is 1. The van der Waals surface area contributed by atoms with Crippen LogP contribution in [0, 0.1) is 6.92 Å². The Morgan fingerprint density at radius 1 is 1.22 bits per heavy atom. The van der Waals surface area contributed by atoms with Crippen LogP contribution in [0.4, 0.5) is 0 Å². The SMILES string of the molecule is COc1cc(CCNC(=O)CSCc2ccncc2)ccc1C. The molecule has 5 heteroatoms. The summed E-state index contributed by atoms with van der Waals surface area (Å²) in [5, 5.41) is 2.96. The Hall–Kier alpha value is -2.01. The topological polar surface area (TPSA) is 51.2 Å². The average molecular weight is 330 g/mol. The molecule has 2 rings (SSSR count). The van der Waals surface area contributed by atoms with Crippen LogP contribution in [0.5, 0.6) is 5.75 Å². The van der Waals surface area contributed by atoms with Crippen molar-refractivity contribution in [1.82, 2.24) is 10.3 Å². The summed E-state index contributed by atoms with van der Waals surface area (Å²) in [4.78, 5) is 15.8. The Kier molecular flexibility index (Phi) is 6.94. The minimum Gasteiger partial charge on any atom is -0.496 e. The molecule has 0 saturated heterocycles. The van der Waals surface area contributed by atoms with Gasteiger partial charge in [0, 0.05) is 24.7 Å². The van der Waals surface area contributed by atoms with E-state index in [9.17, 15) is 4.79 Å². The highest BCUT2D eigenvalue weighted by atomic mass is 32.2. The Labute approximate surface area is 141 Å². The van der Waals surface area contributed by atoms with Crippen LogP contribution in [0.15, 0.2) is 42.7 Å². The molecule has 23 heavy (non-hydrogen) atoms. The summed E-state index contributed by atoms with van der Waals surface area (Å²) in [7, 11) is 1.67. The highest BCUT2D eigenvalue weighted by Crippen LogP contribution is 2.19. The number of rotatable bonds is 8. The van der Waals surface area contributed by atoms with E-state index in [1.807, 2.05) is 31.2 Å². The molecule has 0 fully saturated rings. The first-order chi connectivity index (χ1) is 11.2. The quantitative estimate of drug-likeness (QED) is 0.808. The molecular formula is C18H22N2O2S. The number of carbonyl (C=O) groups excluding carboxylic acids is 1. The average Bonchev–Trinajstić information content (AvgIpc) is 2.57. The van der Waals surface area contributed by atoms with Crippen molar-refractivity contribution in [2.45, 2.75) is 19.1 Å². The number of ether oxygens (including phenoxy) is 1. The van der Waals surface area contributed by atoms with Crippen LogP contribution in [0.25, 0.3) is 0 Å². The van der Waals surface area contributed by atoms with Crippen molar-refractivity contribution in [1.29, 1.82) is 0 Å². The number of hydrogen-bond acceptors (Lipinski definition) is 4. The summed E-state index contributed by atoms with van der Waals surface area (Å²) in [5.41, 5.74) is 3.47. The number of amides is 1. The smallest absolute Gasteiger partial charge is 0.230 e. The van der Waals surface area contributed by atoms with Crippen LogP contribution in [-0.4, -0.2) is 30.3 Å². The van der Waals surface area contributed by atoms with Crippen molar-refractivity contribution in [3.05, 3.63) is 59.4 Å². The number of nitrogens with one attached hydrogen (secondary N) is 1. The van der Waals surface area contributed by atoms with Gasteiger partial charge >= 0.3 is 0 Å². The van der Waals surface area contributed by atoms with Gasteiger partial charge in [-0.15, -0.1) is 11.8 Å². The first-order valence-electron chi connectivity index (χ1n) is 7.56. The van der Waals surface area contributed by atoms with Crippen molar-refractivity contribution in [3.8, 4) is 5.75 Å². The zero-order chi connectivity index (χ0) is 16.5. The largest absolute Gasteiger partial charge is 0.496 e. The minimum atomic E-state index is 0.0723. The van der Waals surface area contributed by atoms with Crippen LogP contribution in [0.1, 0.15) is 16.7 Å². The lowest BCUT2D eigenvalue weighted by Gasteiger charge is -2.09. The molecule has 1 aromatic heterocycles. The predicted octanol–water partition coefficient (Wildman–Crippen LogP) is 2.99. The molecule has 0 aliphatic heterocycles. The van der Waals surface area contributed by atoms with Gasteiger partial charge in [-0.2, -0.15) is 0 Å². The molecule has 1 aromatic carbocycles. The van der Waals surface area contributed by atoms with Gasteiger partial charge in [-0.25, -0.2) is 0 Å². The predicted molar refractivity (Wildman–Crippen MR) is 94.8 cm³/mol. The van der Waals surface area contributed by atoms with E-state index < -0.39 is 0 Å². The van der Waals surface area contributed by atoms with Gasteiger partial charge < -0.3 is 10.1 Å². The first-order valence-corrected chi connectivity index (χ1v) is 8.71. The molecule has 0 radical (unpaired) electrons. The van der Waals surface area contributed by atoms with E-state index >= 15 is 0 Å². The third-order valence-corrected chi connectivity index (χ3v) is 4.46. The van der Waals surface area contributed by atoms with Gasteiger partial charge in [0.25, 0.3) is 0 Å².